The van der Waals surface area contributed by atoms with Gasteiger partial charge in [0.1, 0.15) is 6.54 Å². The van der Waals surface area contributed by atoms with Gasteiger partial charge in [-0.05, 0) is 49.4 Å². The Morgan fingerprint density at radius 2 is 2.10 bits per heavy atom. The lowest BCUT2D eigenvalue weighted by molar-refractivity contribution is -0.123. The van der Waals surface area contributed by atoms with Crippen LogP contribution >= 0.6 is 0 Å². The molecule has 2 aromatic rings. The maximum Gasteiger partial charge on any atom is 0.240 e. The molecule has 0 saturated heterocycles. The third-order valence-corrected chi connectivity index (χ3v) is 3.75. The molecular weight excluding hydrogens is 250 g/mol. The van der Waals surface area contributed by atoms with Crippen LogP contribution in [0.3, 0.4) is 0 Å². The first-order valence-electron chi connectivity index (χ1n) is 7.04. The van der Waals surface area contributed by atoms with Gasteiger partial charge in [0.2, 0.25) is 5.91 Å². The Morgan fingerprint density at radius 1 is 1.35 bits per heavy atom. The van der Waals surface area contributed by atoms with Crippen LogP contribution in [0.1, 0.15) is 32.8 Å². The quantitative estimate of drug-likeness (QED) is 0.879. The fourth-order valence-corrected chi connectivity index (χ4v) is 2.17. The molecule has 0 spiro atoms. The molecule has 0 aliphatic rings. The van der Waals surface area contributed by atoms with Crippen LogP contribution in [0.4, 0.5) is 0 Å². The first-order chi connectivity index (χ1) is 9.45. The lowest BCUT2D eigenvalue weighted by Crippen LogP contribution is -2.44. The van der Waals surface area contributed by atoms with E-state index in [1.165, 1.54) is 0 Å². The highest BCUT2D eigenvalue weighted by atomic mass is 16.2. The van der Waals surface area contributed by atoms with Crippen LogP contribution in [0.2, 0.25) is 0 Å². The first-order valence-corrected chi connectivity index (χ1v) is 7.04. The van der Waals surface area contributed by atoms with Gasteiger partial charge in [0, 0.05) is 23.8 Å². The fourth-order valence-electron chi connectivity index (χ4n) is 2.17. The summed E-state index contributed by atoms with van der Waals surface area (Å²) in [6, 6.07) is 8.12. The molecule has 20 heavy (non-hydrogen) atoms. The topological polar surface area (TPSA) is 60.0 Å². The largest absolute Gasteiger partial charge is 0.350 e. The van der Waals surface area contributed by atoms with Crippen molar-refractivity contribution in [2.75, 3.05) is 0 Å². The van der Waals surface area contributed by atoms with E-state index in [2.05, 4.69) is 18.3 Å². The van der Waals surface area contributed by atoms with Crippen LogP contribution in [-0.2, 0) is 17.9 Å². The van der Waals surface area contributed by atoms with Gasteiger partial charge in [-0.15, -0.1) is 0 Å². The molecule has 0 aliphatic carbocycles. The van der Waals surface area contributed by atoms with Gasteiger partial charge in [0.05, 0.1) is 0 Å². The number of amides is 1. The molecule has 2 rings (SSSR count). The molecule has 1 aromatic heterocycles. The highest BCUT2D eigenvalue weighted by Crippen LogP contribution is 2.17. The molecule has 1 aromatic carbocycles. The third-order valence-electron chi connectivity index (χ3n) is 3.75. The Labute approximate surface area is 120 Å². The van der Waals surface area contributed by atoms with E-state index in [4.69, 9.17) is 5.73 Å². The van der Waals surface area contributed by atoms with Gasteiger partial charge in [-0.2, -0.15) is 0 Å². The Hall–Kier alpha value is -1.81. The zero-order chi connectivity index (χ0) is 14.8. The van der Waals surface area contributed by atoms with Gasteiger partial charge in [-0.25, -0.2) is 0 Å². The smallest absolute Gasteiger partial charge is 0.240 e. The van der Waals surface area contributed by atoms with Gasteiger partial charge in [0.25, 0.3) is 0 Å². The summed E-state index contributed by atoms with van der Waals surface area (Å²) in [7, 11) is 0. The second-order valence-corrected chi connectivity index (χ2v) is 5.83. The average Bonchev–Trinajstić information content (AvgIpc) is 2.80. The number of fused-ring (bicyclic) bond motifs is 1. The Balaban J connectivity index is 2.16. The molecule has 4 heteroatoms. The summed E-state index contributed by atoms with van der Waals surface area (Å²) in [6.45, 7) is 7.01. The van der Waals surface area contributed by atoms with Gasteiger partial charge in [-0.3, -0.25) is 4.79 Å². The van der Waals surface area contributed by atoms with E-state index >= 15 is 0 Å². The summed E-state index contributed by atoms with van der Waals surface area (Å²) in [6.07, 6.45) is 2.86. The van der Waals surface area contributed by atoms with Crippen LogP contribution in [0, 0.1) is 0 Å². The SMILES string of the molecule is CCC(C)(C)NC(=O)Cn1ccc2cc(CN)ccc21. The number of aromatic nitrogens is 1. The maximum atomic E-state index is 12.1. The first kappa shape index (κ1) is 14.6. The van der Waals surface area contributed by atoms with E-state index in [0.717, 1.165) is 22.9 Å². The standard InChI is InChI=1S/C16H23N3O/c1-4-16(2,3)18-15(20)11-19-8-7-13-9-12(10-17)5-6-14(13)19/h5-9H,4,10-11,17H2,1-3H3,(H,18,20). The Morgan fingerprint density at radius 3 is 2.75 bits per heavy atom. The van der Waals surface area contributed by atoms with E-state index in [1.54, 1.807) is 0 Å². The summed E-state index contributed by atoms with van der Waals surface area (Å²) < 4.78 is 1.97. The predicted molar refractivity (Wildman–Crippen MR) is 82.3 cm³/mol. The lowest BCUT2D eigenvalue weighted by atomic mass is 10.0. The van der Waals surface area contributed by atoms with Crippen molar-refractivity contribution in [2.24, 2.45) is 5.73 Å². The Kier molecular flexibility index (Phi) is 4.14. The van der Waals surface area contributed by atoms with Crippen molar-refractivity contribution in [1.29, 1.82) is 0 Å². The predicted octanol–water partition coefficient (Wildman–Crippen LogP) is 2.40. The molecule has 4 nitrogen and oxygen atoms in total. The van der Waals surface area contributed by atoms with Crippen molar-refractivity contribution < 1.29 is 4.79 Å². The van der Waals surface area contributed by atoms with Crippen molar-refractivity contribution in [3.05, 3.63) is 36.0 Å². The summed E-state index contributed by atoms with van der Waals surface area (Å²) >= 11 is 0. The lowest BCUT2D eigenvalue weighted by Gasteiger charge is -2.24. The zero-order valence-electron chi connectivity index (χ0n) is 12.4. The van der Waals surface area contributed by atoms with Gasteiger partial charge in [-0.1, -0.05) is 13.0 Å². The molecular formula is C16H23N3O. The van der Waals surface area contributed by atoms with E-state index in [9.17, 15) is 4.79 Å². The minimum atomic E-state index is -0.160. The van der Waals surface area contributed by atoms with Crippen LogP contribution in [0.25, 0.3) is 10.9 Å². The molecule has 0 bridgehead atoms. The molecule has 108 valence electrons. The molecule has 0 aliphatic heterocycles. The molecule has 0 saturated carbocycles. The number of hydrogen-bond acceptors (Lipinski definition) is 2. The normalized spacial score (nSPS) is 11.8. The molecule has 1 heterocycles. The summed E-state index contributed by atoms with van der Waals surface area (Å²) in [5.74, 6) is 0.0391. The second-order valence-electron chi connectivity index (χ2n) is 5.83. The number of nitrogens with two attached hydrogens (primary N) is 1. The van der Waals surface area contributed by atoms with Gasteiger partial charge < -0.3 is 15.6 Å². The van der Waals surface area contributed by atoms with E-state index in [1.807, 2.05) is 42.8 Å². The van der Waals surface area contributed by atoms with E-state index in [-0.39, 0.29) is 11.4 Å². The zero-order valence-corrected chi connectivity index (χ0v) is 12.4. The van der Waals surface area contributed by atoms with Crippen molar-refractivity contribution in [3.8, 4) is 0 Å². The minimum Gasteiger partial charge on any atom is -0.350 e. The van der Waals surface area contributed by atoms with Crippen LogP contribution in [0.15, 0.2) is 30.5 Å². The van der Waals surface area contributed by atoms with Crippen LogP contribution in [-0.4, -0.2) is 16.0 Å². The average molecular weight is 273 g/mol. The van der Waals surface area contributed by atoms with Gasteiger partial charge >= 0.3 is 0 Å². The number of carbonyl (C=O) groups is 1. The van der Waals surface area contributed by atoms with Crippen LogP contribution < -0.4 is 11.1 Å². The second kappa shape index (κ2) is 5.67. The van der Waals surface area contributed by atoms with Crippen LogP contribution in [0.5, 0.6) is 0 Å². The number of rotatable bonds is 5. The molecule has 0 radical (unpaired) electrons. The Bertz CT molecular complexity index is 613. The van der Waals surface area contributed by atoms with Gasteiger partial charge in [0.15, 0.2) is 0 Å². The number of benzene rings is 1. The van der Waals surface area contributed by atoms with E-state index < -0.39 is 0 Å². The van der Waals surface area contributed by atoms with Crippen molar-refractivity contribution in [2.45, 2.75) is 45.8 Å². The summed E-state index contributed by atoms with van der Waals surface area (Å²) in [5.41, 5.74) is 7.65. The number of carbonyl (C=O) groups excluding carboxylic acids is 1. The molecule has 0 atom stereocenters. The summed E-state index contributed by atoms with van der Waals surface area (Å²) in [5, 5.41) is 4.17. The number of hydrogen-bond donors (Lipinski definition) is 2. The number of nitrogens with one attached hydrogen (secondary N) is 1. The summed E-state index contributed by atoms with van der Waals surface area (Å²) in [4.78, 5) is 12.1. The molecule has 3 N–H and O–H groups in total. The monoisotopic (exact) mass is 273 g/mol. The highest BCUT2D eigenvalue weighted by molar-refractivity contribution is 5.84. The third kappa shape index (κ3) is 3.20. The maximum absolute atomic E-state index is 12.1. The fraction of sp³-hybridized carbons (Fsp3) is 0.438. The number of nitrogens with zero attached hydrogens (tertiary/aromatic N) is 1. The van der Waals surface area contributed by atoms with Crippen molar-refractivity contribution in [1.82, 2.24) is 9.88 Å². The minimum absolute atomic E-state index is 0.0391. The van der Waals surface area contributed by atoms with Crippen molar-refractivity contribution >= 4 is 16.8 Å². The molecule has 0 unspecified atom stereocenters. The molecule has 1 amide bonds. The van der Waals surface area contributed by atoms with E-state index in [0.29, 0.717) is 13.1 Å². The molecule has 0 fully saturated rings. The highest BCUT2D eigenvalue weighted by Gasteiger charge is 2.18. The van der Waals surface area contributed by atoms with Crippen molar-refractivity contribution in [3.63, 3.8) is 0 Å².